The molecule has 0 spiro atoms. The van der Waals surface area contributed by atoms with Crippen LogP contribution in [-0.4, -0.2) is 59.9 Å². The molecule has 0 bridgehead atoms. The van der Waals surface area contributed by atoms with E-state index >= 15 is 0 Å². The van der Waals surface area contributed by atoms with Crippen molar-refractivity contribution in [1.29, 1.82) is 0 Å². The zero-order chi connectivity index (χ0) is 47.0. The van der Waals surface area contributed by atoms with Crippen LogP contribution in [-0.2, 0) is 37.5 Å². The van der Waals surface area contributed by atoms with Crippen LogP contribution in [0.15, 0.2) is 12.2 Å². The van der Waals surface area contributed by atoms with Crippen molar-refractivity contribution in [3.63, 3.8) is 0 Å². The van der Waals surface area contributed by atoms with E-state index in [0.29, 0.717) is 12.8 Å². The van der Waals surface area contributed by atoms with E-state index in [9.17, 15) is 23.8 Å². The fourth-order valence-corrected chi connectivity index (χ4v) is 8.61. The van der Waals surface area contributed by atoms with Crippen LogP contribution in [0.4, 0.5) is 0 Å². The molecule has 0 rings (SSSR count). The molecule has 0 aliphatic carbocycles. The lowest BCUT2D eigenvalue weighted by Crippen LogP contribution is -2.34. The first-order chi connectivity index (χ1) is 31.1. The number of rotatable bonds is 51. The van der Waals surface area contributed by atoms with Crippen molar-refractivity contribution in [2.75, 3.05) is 19.8 Å². The molecule has 0 saturated heterocycles. The summed E-state index contributed by atoms with van der Waals surface area (Å²) < 4.78 is 32.9. The lowest BCUT2D eigenvalue weighted by Gasteiger charge is -2.20. The molecule has 0 aromatic carbocycles. The summed E-state index contributed by atoms with van der Waals surface area (Å²) in [6.45, 7) is 2.85. The zero-order valence-corrected chi connectivity index (χ0v) is 42.3. The van der Waals surface area contributed by atoms with Gasteiger partial charge < -0.3 is 25.2 Å². The van der Waals surface area contributed by atoms with Crippen LogP contribution in [0, 0.1) is 0 Å². The van der Waals surface area contributed by atoms with Crippen molar-refractivity contribution in [3.05, 3.63) is 12.2 Å². The second-order valence-corrected chi connectivity index (χ2v) is 19.8. The van der Waals surface area contributed by atoms with Crippen LogP contribution in [0.3, 0.4) is 0 Å². The number of phosphoric acid groups is 1. The summed E-state index contributed by atoms with van der Waals surface area (Å²) in [4.78, 5) is 46.2. The molecule has 0 aliphatic heterocycles. The quantitative estimate of drug-likeness (QED) is 0.0229. The van der Waals surface area contributed by atoms with Gasteiger partial charge in [0.15, 0.2) is 6.10 Å². The molecule has 3 atom stereocenters. The molecule has 11 nitrogen and oxygen atoms in total. The third-order valence-electron chi connectivity index (χ3n) is 12.0. The second-order valence-electron chi connectivity index (χ2n) is 18.4. The molecule has 64 heavy (non-hydrogen) atoms. The van der Waals surface area contributed by atoms with Crippen LogP contribution in [0.25, 0.3) is 0 Å². The predicted molar refractivity (Wildman–Crippen MR) is 263 cm³/mol. The fourth-order valence-electron chi connectivity index (χ4n) is 7.83. The Kier molecular flexibility index (Phi) is 46.4. The maximum Gasteiger partial charge on any atom is 0.472 e. The first-order valence-electron chi connectivity index (χ1n) is 26.7. The maximum atomic E-state index is 12.7. The van der Waals surface area contributed by atoms with E-state index in [2.05, 4.69) is 30.5 Å². The monoisotopic (exact) mass is 930 g/mol. The summed E-state index contributed by atoms with van der Waals surface area (Å²) >= 11 is 0. The van der Waals surface area contributed by atoms with Gasteiger partial charge in [-0.25, -0.2) is 4.57 Å². The number of allylic oxidation sites excluding steroid dienone is 2. The minimum Gasteiger partial charge on any atom is -0.480 e. The lowest BCUT2D eigenvalue weighted by atomic mass is 10.0. The summed E-state index contributed by atoms with van der Waals surface area (Å²) in [6, 6.07) is -1.52. The Hall–Kier alpha value is -1.78. The molecule has 0 aliphatic rings. The van der Waals surface area contributed by atoms with Crippen LogP contribution >= 0.6 is 7.82 Å². The predicted octanol–water partition coefficient (Wildman–Crippen LogP) is 15.2. The molecule has 0 aromatic heterocycles. The van der Waals surface area contributed by atoms with Gasteiger partial charge in [-0.1, -0.05) is 231 Å². The number of carboxylic acid groups (broad SMARTS) is 1. The molecule has 378 valence electrons. The largest absolute Gasteiger partial charge is 0.480 e. The van der Waals surface area contributed by atoms with Crippen molar-refractivity contribution in [2.45, 2.75) is 283 Å². The van der Waals surface area contributed by atoms with E-state index in [1.807, 2.05) is 0 Å². The van der Waals surface area contributed by atoms with Crippen LogP contribution in [0.2, 0.25) is 0 Å². The Balaban J connectivity index is 4.16. The van der Waals surface area contributed by atoms with E-state index in [0.717, 1.165) is 44.9 Å². The summed E-state index contributed by atoms with van der Waals surface area (Å²) in [5.41, 5.74) is 5.36. The van der Waals surface area contributed by atoms with E-state index in [-0.39, 0.29) is 19.4 Å². The average Bonchev–Trinajstić information content (AvgIpc) is 3.27. The summed E-state index contributed by atoms with van der Waals surface area (Å²) in [7, 11) is -4.72. The molecule has 3 unspecified atom stereocenters. The zero-order valence-electron chi connectivity index (χ0n) is 41.4. The van der Waals surface area contributed by atoms with Gasteiger partial charge in [0.25, 0.3) is 0 Å². The molecule has 0 fully saturated rings. The van der Waals surface area contributed by atoms with E-state index in [1.165, 1.54) is 186 Å². The highest BCUT2D eigenvalue weighted by molar-refractivity contribution is 7.47. The number of hydrogen-bond donors (Lipinski definition) is 3. The number of aliphatic carboxylic acids is 1. The first-order valence-corrected chi connectivity index (χ1v) is 28.2. The van der Waals surface area contributed by atoms with Crippen molar-refractivity contribution < 1.29 is 47.5 Å². The SMILES string of the molecule is CCCCCCCC/C=C\CCCCCCCCCC(=O)OC(COC(=O)CCCCCCCCCCCCCCCCCCCCCCCCC)COP(=O)(O)OCC(N)C(=O)O. The Bertz CT molecular complexity index is 1140. The van der Waals surface area contributed by atoms with Gasteiger partial charge in [0.05, 0.1) is 13.2 Å². The number of carbonyl (C=O) groups is 3. The Morgan fingerprint density at radius 2 is 0.781 bits per heavy atom. The van der Waals surface area contributed by atoms with Crippen LogP contribution in [0.1, 0.15) is 271 Å². The molecule has 0 saturated carbocycles. The minimum atomic E-state index is -4.72. The highest BCUT2D eigenvalue weighted by Gasteiger charge is 2.28. The minimum absolute atomic E-state index is 0.161. The number of carboxylic acids is 1. The Morgan fingerprint density at radius 1 is 0.469 bits per heavy atom. The van der Waals surface area contributed by atoms with Gasteiger partial charge in [-0.15, -0.1) is 0 Å². The van der Waals surface area contributed by atoms with Gasteiger partial charge in [0, 0.05) is 12.8 Å². The second kappa shape index (κ2) is 47.7. The molecule has 4 N–H and O–H groups in total. The van der Waals surface area contributed by atoms with Gasteiger partial charge in [-0.3, -0.25) is 23.4 Å². The van der Waals surface area contributed by atoms with Gasteiger partial charge >= 0.3 is 25.7 Å². The van der Waals surface area contributed by atoms with Gasteiger partial charge in [-0.05, 0) is 38.5 Å². The standard InChI is InChI=1S/C52H100NO10P/c1-3-5-7-9-11-13-15-17-19-21-22-23-24-25-26-28-29-31-33-35-37-39-41-43-50(54)60-45-48(46-61-64(58,59)62-47-49(53)52(56)57)63-51(55)44-42-40-38-36-34-32-30-27-20-18-16-14-12-10-8-6-4-2/h18,20,48-49H,3-17,19,21-47,53H2,1-2H3,(H,56,57)(H,58,59)/b20-18-. The smallest absolute Gasteiger partial charge is 0.472 e. The van der Waals surface area contributed by atoms with Crippen molar-refractivity contribution in [1.82, 2.24) is 0 Å². The van der Waals surface area contributed by atoms with E-state index in [1.54, 1.807) is 0 Å². The molecule has 0 aromatic rings. The molecular weight excluding hydrogens is 830 g/mol. The van der Waals surface area contributed by atoms with Gasteiger partial charge in [0.2, 0.25) is 0 Å². The van der Waals surface area contributed by atoms with Crippen LogP contribution < -0.4 is 5.73 Å². The number of unbranched alkanes of at least 4 members (excludes halogenated alkanes) is 35. The number of hydrogen-bond acceptors (Lipinski definition) is 9. The Morgan fingerprint density at radius 3 is 1.14 bits per heavy atom. The van der Waals surface area contributed by atoms with E-state index < -0.39 is 51.1 Å². The normalized spacial score (nSPS) is 13.6. The highest BCUT2D eigenvalue weighted by atomic mass is 31.2. The van der Waals surface area contributed by atoms with Gasteiger partial charge in [-0.2, -0.15) is 0 Å². The van der Waals surface area contributed by atoms with E-state index in [4.69, 9.17) is 24.8 Å². The summed E-state index contributed by atoms with van der Waals surface area (Å²) in [6.07, 6.45) is 51.4. The third kappa shape index (κ3) is 46.7. The Labute approximate surface area is 392 Å². The van der Waals surface area contributed by atoms with Crippen LogP contribution in [0.5, 0.6) is 0 Å². The molecular formula is C52H100NO10P. The average molecular weight is 930 g/mol. The maximum absolute atomic E-state index is 12.7. The number of carbonyl (C=O) groups excluding carboxylic acids is 2. The van der Waals surface area contributed by atoms with Crippen molar-refractivity contribution in [3.8, 4) is 0 Å². The number of esters is 2. The summed E-state index contributed by atoms with van der Waals surface area (Å²) in [5.74, 6) is -2.36. The first kappa shape index (κ1) is 62.2. The molecule has 12 heteroatoms. The fraction of sp³-hybridized carbons (Fsp3) is 0.904. The third-order valence-corrected chi connectivity index (χ3v) is 13.0. The number of ether oxygens (including phenoxy) is 2. The van der Waals surface area contributed by atoms with Crippen molar-refractivity contribution >= 4 is 25.7 Å². The molecule has 0 heterocycles. The van der Waals surface area contributed by atoms with Crippen molar-refractivity contribution in [2.24, 2.45) is 5.73 Å². The summed E-state index contributed by atoms with van der Waals surface area (Å²) in [5, 5.41) is 8.92. The molecule has 0 amide bonds. The van der Waals surface area contributed by atoms with Gasteiger partial charge in [0.1, 0.15) is 12.6 Å². The topological polar surface area (TPSA) is 172 Å². The number of phosphoric ester groups is 1. The highest BCUT2D eigenvalue weighted by Crippen LogP contribution is 2.43. The lowest BCUT2D eigenvalue weighted by molar-refractivity contribution is -0.161. The number of nitrogens with two attached hydrogens (primary N) is 1. The molecule has 0 radical (unpaired) electrons.